The molecule has 1 unspecified atom stereocenters. The van der Waals surface area contributed by atoms with Crippen LogP contribution in [0.3, 0.4) is 0 Å². The highest BCUT2D eigenvalue weighted by Crippen LogP contribution is 2.47. The predicted octanol–water partition coefficient (Wildman–Crippen LogP) is 2.23. The number of aliphatic hydroxyl groups excluding tert-OH is 1. The van der Waals surface area contributed by atoms with Crippen LogP contribution in [0.1, 0.15) is 31.2 Å². The monoisotopic (exact) mass is 305 g/mol. The fraction of sp³-hybridized carbons (Fsp3) is 0.588. The van der Waals surface area contributed by atoms with Gasteiger partial charge in [0.2, 0.25) is 0 Å². The summed E-state index contributed by atoms with van der Waals surface area (Å²) < 4.78 is 11.0. The number of aliphatic hydroxyl groups is 1. The number of rotatable bonds is 4. The topological polar surface area (TPSA) is 67.8 Å². The van der Waals surface area contributed by atoms with Crippen molar-refractivity contribution >= 4 is 6.09 Å². The molecule has 1 spiro atoms. The molecule has 2 fully saturated rings. The first-order valence-electron chi connectivity index (χ1n) is 7.89. The van der Waals surface area contributed by atoms with Gasteiger partial charge in [-0.2, -0.15) is 0 Å². The van der Waals surface area contributed by atoms with E-state index in [1.54, 1.807) is 0 Å². The second-order valence-electron chi connectivity index (χ2n) is 6.48. The van der Waals surface area contributed by atoms with Gasteiger partial charge < -0.3 is 19.9 Å². The summed E-state index contributed by atoms with van der Waals surface area (Å²) in [5, 5.41) is 12.2. The first kappa shape index (κ1) is 15.3. The van der Waals surface area contributed by atoms with Gasteiger partial charge in [0.15, 0.2) is 0 Å². The number of ether oxygens (including phenoxy) is 2. The lowest BCUT2D eigenvalue weighted by Crippen LogP contribution is -2.49. The van der Waals surface area contributed by atoms with E-state index in [-0.39, 0.29) is 24.2 Å². The summed E-state index contributed by atoms with van der Waals surface area (Å²) in [5.74, 6) is 0. The van der Waals surface area contributed by atoms with Gasteiger partial charge in [0, 0.05) is 6.54 Å². The molecule has 1 atom stereocenters. The third kappa shape index (κ3) is 3.78. The van der Waals surface area contributed by atoms with Gasteiger partial charge in [-0.15, -0.1) is 0 Å². The molecular weight excluding hydrogens is 282 g/mol. The predicted molar refractivity (Wildman–Crippen MR) is 81.3 cm³/mol. The summed E-state index contributed by atoms with van der Waals surface area (Å²) in [4.78, 5) is 11.7. The Morgan fingerprint density at radius 2 is 2.14 bits per heavy atom. The van der Waals surface area contributed by atoms with Crippen LogP contribution in [0.15, 0.2) is 30.3 Å². The molecule has 1 aliphatic heterocycles. The van der Waals surface area contributed by atoms with Crippen molar-refractivity contribution in [3.8, 4) is 0 Å². The molecule has 0 radical (unpaired) electrons. The highest BCUT2D eigenvalue weighted by atomic mass is 16.5. The molecule has 2 aliphatic rings. The zero-order valence-electron chi connectivity index (χ0n) is 12.7. The van der Waals surface area contributed by atoms with E-state index >= 15 is 0 Å². The summed E-state index contributed by atoms with van der Waals surface area (Å²) in [5.41, 5.74) is 1.17. The van der Waals surface area contributed by atoms with Gasteiger partial charge in [0.05, 0.1) is 18.8 Å². The van der Waals surface area contributed by atoms with Crippen LogP contribution in [-0.4, -0.2) is 36.6 Å². The van der Waals surface area contributed by atoms with Crippen molar-refractivity contribution in [3.63, 3.8) is 0 Å². The molecule has 0 aromatic heterocycles. The second kappa shape index (κ2) is 6.67. The standard InChI is InChI=1S/C17H23NO4/c19-14-8-17(9-14)7-6-15(22-12-17)10-18-16(20)21-11-13-4-2-1-3-5-13/h1-5,14-15,19H,6-12H2,(H,18,20). The van der Waals surface area contributed by atoms with E-state index < -0.39 is 6.09 Å². The van der Waals surface area contributed by atoms with Crippen molar-refractivity contribution in [1.82, 2.24) is 5.32 Å². The maximum atomic E-state index is 11.7. The van der Waals surface area contributed by atoms with Gasteiger partial charge in [-0.3, -0.25) is 0 Å². The molecule has 3 rings (SSSR count). The molecule has 1 saturated carbocycles. The first-order chi connectivity index (χ1) is 10.7. The van der Waals surface area contributed by atoms with Crippen LogP contribution >= 0.6 is 0 Å². The van der Waals surface area contributed by atoms with E-state index in [1.807, 2.05) is 30.3 Å². The number of hydrogen-bond acceptors (Lipinski definition) is 4. The Balaban J connectivity index is 1.32. The van der Waals surface area contributed by atoms with Crippen molar-refractivity contribution in [3.05, 3.63) is 35.9 Å². The number of hydrogen-bond donors (Lipinski definition) is 2. The fourth-order valence-corrected chi connectivity index (χ4v) is 3.31. The minimum Gasteiger partial charge on any atom is -0.445 e. The van der Waals surface area contributed by atoms with Crippen molar-refractivity contribution in [1.29, 1.82) is 0 Å². The molecule has 1 amide bonds. The Bertz CT molecular complexity index is 489. The van der Waals surface area contributed by atoms with Crippen LogP contribution in [0.2, 0.25) is 0 Å². The zero-order chi connectivity index (χ0) is 15.4. The smallest absolute Gasteiger partial charge is 0.407 e. The van der Waals surface area contributed by atoms with Crippen molar-refractivity contribution < 1.29 is 19.4 Å². The highest BCUT2D eigenvalue weighted by Gasteiger charge is 2.46. The lowest BCUT2D eigenvalue weighted by atomic mass is 9.63. The van der Waals surface area contributed by atoms with E-state index in [1.165, 1.54) is 0 Å². The van der Waals surface area contributed by atoms with Gasteiger partial charge in [0.1, 0.15) is 6.61 Å². The Hall–Kier alpha value is -1.59. The van der Waals surface area contributed by atoms with E-state index in [2.05, 4.69) is 5.32 Å². The molecular formula is C17H23NO4. The van der Waals surface area contributed by atoms with E-state index in [0.717, 1.165) is 31.2 Å². The number of amides is 1. The molecule has 120 valence electrons. The van der Waals surface area contributed by atoms with Crippen LogP contribution in [0.4, 0.5) is 4.79 Å². The minimum absolute atomic E-state index is 0.0487. The van der Waals surface area contributed by atoms with Crippen LogP contribution in [0.25, 0.3) is 0 Å². The minimum atomic E-state index is -0.410. The molecule has 5 nitrogen and oxygen atoms in total. The molecule has 2 N–H and O–H groups in total. The maximum absolute atomic E-state index is 11.7. The summed E-state index contributed by atoms with van der Waals surface area (Å²) in [6.07, 6.45) is 3.19. The number of benzene rings is 1. The van der Waals surface area contributed by atoms with E-state index in [9.17, 15) is 9.90 Å². The third-order valence-electron chi connectivity index (χ3n) is 4.65. The van der Waals surface area contributed by atoms with E-state index in [0.29, 0.717) is 13.2 Å². The van der Waals surface area contributed by atoms with Gasteiger partial charge in [-0.05, 0) is 36.7 Å². The van der Waals surface area contributed by atoms with Crippen LogP contribution < -0.4 is 5.32 Å². The molecule has 1 heterocycles. The Kier molecular flexibility index (Phi) is 4.64. The Labute approximate surface area is 130 Å². The van der Waals surface area contributed by atoms with Gasteiger partial charge in [0.25, 0.3) is 0 Å². The second-order valence-corrected chi connectivity index (χ2v) is 6.48. The zero-order valence-corrected chi connectivity index (χ0v) is 12.7. The van der Waals surface area contributed by atoms with Crippen molar-refractivity contribution in [2.75, 3.05) is 13.2 Å². The molecule has 1 aromatic carbocycles. The van der Waals surface area contributed by atoms with E-state index in [4.69, 9.17) is 9.47 Å². The average molecular weight is 305 g/mol. The number of carbonyl (C=O) groups is 1. The van der Waals surface area contributed by atoms with Crippen LogP contribution in [-0.2, 0) is 16.1 Å². The number of alkyl carbamates (subject to hydrolysis) is 1. The Morgan fingerprint density at radius 1 is 1.36 bits per heavy atom. The fourth-order valence-electron chi connectivity index (χ4n) is 3.31. The Morgan fingerprint density at radius 3 is 2.77 bits per heavy atom. The molecule has 0 bridgehead atoms. The average Bonchev–Trinajstić information content (AvgIpc) is 2.52. The lowest BCUT2D eigenvalue weighted by molar-refractivity contribution is -0.138. The lowest BCUT2D eigenvalue weighted by Gasteiger charge is -2.49. The maximum Gasteiger partial charge on any atom is 0.407 e. The third-order valence-corrected chi connectivity index (χ3v) is 4.65. The quantitative estimate of drug-likeness (QED) is 0.895. The molecule has 1 saturated heterocycles. The number of nitrogens with one attached hydrogen (secondary N) is 1. The first-order valence-corrected chi connectivity index (χ1v) is 7.89. The van der Waals surface area contributed by atoms with Crippen molar-refractivity contribution in [2.45, 2.75) is 44.5 Å². The number of carbonyl (C=O) groups excluding carboxylic acids is 1. The summed E-state index contributed by atoms with van der Waals surface area (Å²) >= 11 is 0. The van der Waals surface area contributed by atoms with Crippen LogP contribution in [0, 0.1) is 5.41 Å². The molecule has 22 heavy (non-hydrogen) atoms. The summed E-state index contributed by atoms with van der Waals surface area (Å²) in [7, 11) is 0. The molecule has 1 aliphatic carbocycles. The van der Waals surface area contributed by atoms with Gasteiger partial charge in [-0.1, -0.05) is 30.3 Å². The SMILES string of the molecule is O=C(NCC1CCC2(CO1)CC(O)C2)OCc1ccccc1. The summed E-state index contributed by atoms with van der Waals surface area (Å²) in [6.45, 7) is 1.45. The highest BCUT2D eigenvalue weighted by molar-refractivity contribution is 5.67. The molecule has 1 aromatic rings. The van der Waals surface area contributed by atoms with Gasteiger partial charge >= 0.3 is 6.09 Å². The van der Waals surface area contributed by atoms with Crippen molar-refractivity contribution in [2.24, 2.45) is 5.41 Å². The van der Waals surface area contributed by atoms with Crippen LogP contribution in [0.5, 0.6) is 0 Å². The largest absolute Gasteiger partial charge is 0.445 e. The van der Waals surface area contributed by atoms with Gasteiger partial charge in [-0.25, -0.2) is 4.79 Å². The molecule has 5 heteroatoms. The normalized spacial score (nSPS) is 30.6. The summed E-state index contributed by atoms with van der Waals surface area (Å²) in [6, 6.07) is 9.60.